The van der Waals surface area contributed by atoms with Gasteiger partial charge in [-0.25, -0.2) is 0 Å². The molecule has 0 saturated carbocycles. The topological polar surface area (TPSA) is 95.2 Å². The average molecular weight is 813 g/mol. The number of hydrogen-bond donors (Lipinski definition) is 0. The Morgan fingerprint density at radius 3 is 1.33 bits per heavy atom. The van der Waals surface area contributed by atoms with Crippen LogP contribution in [0.15, 0.2) is 146 Å². The van der Waals surface area contributed by atoms with Gasteiger partial charge in [0.15, 0.2) is 0 Å². The Kier molecular flexibility index (Phi) is 8.58. The standard InChI is InChI=1S/C60H36N4/c1-33-20-38(30-62)10-15-43(33)51-26-57-53(45-17-12-40(32-64)24-50(45)51)25-52(44-16-11-39(31-63)21-34(44)2)56-27-54-47-7-5-6-46-48(18-19-49(60(46)47)55(54)28-58(56)57)59-35(3)22-42(23-36(59)4)41-13-8-37(29-61)9-14-41/h5-28H,1-4H3. The van der Waals surface area contributed by atoms with Crippen LogP contribution in [-0.2, 0) is 0 Å². The molecule has 0 aliphatic heterocycles. The van der Waals surface area contributed by atoms with Crippen molar-refractivity contribution in [2.75, 3.05) is 0 Å². The second-order valence-electron chi connectivity index (χ2n) is 17.1. The molecule has 1 aliphatic rings. The predicted molar refractivity (Wildman–Crippen MR) is 260 cm³/mol. The number of rotatable bonds is 4. The van der Waals surface area contributed by atoms with Crippen LogP contribution in [0, 0.1) is 73.0 Å². The molecule has 0 atom stereocenters. The normalized spacial score (nSPS) is 11.4. The van der Waals surface area contributed by atoms with E-state index in [2.05, 4.69) is 124 Å². The summed E-state index contributed by atoms with van der Waals surface area (Å²) in [5.74, 6) is 0. The molecule has 0 N–H and O–H groups in total. The van der Waals surface area contributed by atoms with E-state index in [9.17, 15) is 21.0 Å². The molecule has 1 aliphatic carbocycles. The van der Waals surface area contributed by atoms with E-state index in [0.29, 0.717) is 22.3 Å². The predicted octanol–water partition coefficient (Wildman–Crippen LogP) is 15.3. The molecule has 0 unspecified atom stereocenters. The van der Waals surface area contributed by atoms with Crippen LogP contribution in [0.1, 0.15) is 44.5 Å². The molecule has 10 aromatic rings. The molecule has 296 valence electrons. The Balaban J connectivity index is 1.19. The first-order valence-electron chi connectivity index (χ1n) is 21.3. The highest BCUT2D eigenvalue weighted by Gasteiger charge is 2.27. The average Bonchev–Trinajstić information content (AvgIpc) is 3.63. The molecule has 10 aromatic carbocycles. The Morgan fingerprint density at radius 1 is 0.281 bits per heavy atom. The number of nitriles is 4. The monoisotopic (exact) mass is 812 g/mol. The van der Waals surface area contributed by atoms with Gasteiger partial charge in [-0.15, -0.1) is 0 Å². The molecule has 4 heteroatoms. The van der Waals surface area contributed by atoms with Crippen LogP contribution in [0.3, 0.4) is 0 Å². The highest BCUT2D eigenvalue weighted by atomic mass is 14.3. The Bertz CT molecular complexity index is 3890. The van der Waals surface area contributed by atoms with E-state index in [1.165, 1.54) is 55.3 Å². The molecule has 11 rings (SSSR count). The molecule has 4 nitrogen and oxygen atoms in total. The van der Waals surface area contributed by atoms with Crippen molar-refractivity contribution in [3.63, 3.8) is 0 Å². The molecule has 0 spiro atoms. The maximum Gasteiger partial charge on any atom is 0.0991 e. The van der Waals surface area contributed by atoms with Gasteiger partial charge in [0.2, 0.25) is 0 Å². The van der Waals surface area contributed by atoms with E-state index in [0.717, 1.165) is 76.8 Å². The van der Waals surface area contributed by atoms with Crippen molar-refractivity contribution in [1.29, 1.82) is 21.0 Å². The van der Waals surface area contributed by atoms with Gasteiger partial charge in [-0.1, -0.05) is 72.8 Å². The van der Waals surface area contributed by atoms with Gasteiger partial charge in [0.25, 0.3) is 0 Å². The highest BCUT2D eigenvalue weighted by molar-refractivity contribution is 6.28. The third-order valence-electron chi connectivity index (χ3n) is 13.4. The van der Waals surface area contributed by atoms with Gasteiger partial charge in [0.05, 0.1) is 46.5 Å². The minimum absolute atomic E-state index is 0.582. The molecule has 0 saturated heterocycles. The third-order valence-corrected chi connectivity index (χ3v) is 13.4. The summed E-state index contributed by atoms with van der Waals surface area (Å²) in [7, 11) is 0. The van der Waals surface area contributed by atoms with E-state index >= 15 is 0 Å². The second kappa shape index (κ2) is 14.4. The van der Waals surface area contributed by atoms with Crippen molar-refractivity contribution in [1.82, 2.24) is 0 Å². The van der Waals surface area contributed by atoms with Crippen molar-refractivity contribution in [3.8, 4) is 91.0 Å². The lowest BCUT2D eigenvalue weighted by molar-refractivity contribution is 1.38. The SMILES string of the molecule is Cc1cc(C#N)ccc1-c1cc2c3cc4c(cc3c(-c3ccc(C#N)cc3C)cc2c2ccc(C#N)cc12)-c1cccc2c(-c3c(C)cc(-c5ccc(C#N)cc5)cc3C)ccc-4c12. The van der Waals surface area contributed by atoms with E-state index < -0.39 is 0 Å². The van der Waals surface area contributed by atoms with E-state index in [-0.39, 0.29) is 0 Å². The Hall–Kier alpha value is -8.80. The molecule has 0 bridgehead atoms. The maximum atomic E-state index is 10.1. The van der Waals surface area contributed by atoms with Gasteiger partial charge in [-0.3, -0.25) is 0 Å². The summed E-state index contributed by atoms with van der Waals surface area (Å²) in [6, 6.07) is 59.9. The molecule has 0 heterocycles. The molecule has 0 amide bonds. The third kappa shape index (κ3) is 5.72. The lowest BCUT2D eigenvalue weighted by Crippen LogP contribution is -1.93. The minimum atomic E-state index is 0.582. The summed E-state index contributed by atoms with van der Waals surface area (Å²) in [5.41, 5.74) is 20.4. The van der Waals surface area contributed by atoms with Crippen molar-refractivity contribution in [3.05, 3.63) is 190 Å². The van der Waals surface area contributed by atoms with Crippen molar-refractivity contribution < 1.29 is 0 Å². The van der Waals surface area contributed by atoms with Gasteiger partial charge < -0.3 is 0 Å². The molecule has 0 fully saturated rings. The summed E-state index contributed by atoms with van der Waals surface area (Å²) >= 11 is 0. The van der Waals surface area contributed by atoms with Crippen LogP contribution in [0.2, 0.25) is 0 Å². The summed E-state index contributed by atoms with van der Waals surface area (Å²) in [6.07, 6.45) is 0. The highest BCUT2D eigenvalue weighted by Crippen LogP contribution is 2.53. The largest absolute Gasteiger partial charge is 0.192 e. The lowest BCUT2D eigenvalue weighted by Gasteiger charge is -2.19. The smallest absolute Gasteiger partial charge is 0.0991 e. The first kappa shape index (κ1) is 38.1. The van der Waals surface area contributed by atoms with E-state index in [4.69, 9.17) is 0 Å². The van der Waals surface area contributed by atoms with Crippen molar-refractivity contribution >= 4 is 43.1 Å². The maximum absolute atomic E-state index is 10.1. The van der Waals surface area contributed by atoms with Gasteiger partial charge in [-0.2, -0.15) is 21.0 Å². The van der Waals surface area contributed by atoms with Crippen LogP contribution in [-0.4, -0.2) is 0 Å². The van der Waals surface area contributed by atoms with Gasteiger partial charge >= 0.3 is 0 Å². The summed E-state index contributed by atoms with van der Waals surface area (Å²) in [6.45, 7) is 8.50. The minimum Gasteiger partial charge on any atom is -0.192 e. The number of nitrogens with zero attached hydrogens (tertiary/aromatic N) is 4. The van der Waals surface area contributed by atoms with E-state index in [1.807, 2.05) is 73.7 Å². The molecular weight excluding hydrogens is 777 g/mol. The number of aryl methyl sites for hydroxylation is 4. The fourth-order valence-corrected chi connectivity index (χ4v) is 10.5. The van der Waals surface area contributed by atoms with Crippen LogP contribution in [0.25, 0.3) is 110 Å². The lowest BCUT2D eigenvalue weighted by atomic mass is 9.84. The second-order valence-corrected chi connectivity index (χ2v) is 17.1. The van der Waals surface area contributed by atoms with Gasteiger partial charge in [-0.05, 0) is 233 Å². The Morgan fingerprint density at radius 2 is 0.734 bits per heavy atom. The fraction of sp³-hybridized carbons (Fsp3) is 0.0667. The molecule has 0 aromatic heterocycles. The number of hydrogen-bond acceptors (Lipinski definition) is 4. The summed E-state index contributed by atoms with van der Waals surface area (Å²) in [4.78, 5) is 0. The quantitative estimate of drug-likeness (QED) is 0.165. The molecule has 0 radical (unpaired) electrons. The summed E-state index contributed by atoms with van der Waals surface area (Å²) < 4.78 is 0. The zero-order chi connectivity index (χ0) is 44.0. The molecule has 64 heavy (non-hydrogen) atoms. The van der Waals surface area contributed by atoms with Crippen molar-refractivity contribution in [2.24, 2.45) is 0 Å². The zero-order valence-electron chi connectivity index (χ0n) is 35.6. The van der Waals surface area contributed by atoms with Crippen LogP contribution in [0.5, 0.6) is 0 Å². The molecular formula is C60H36N4. The van der Waals surface area contributed by atoms with Gasteiger partial charge in [0.1, 0.15) is 0 Å². The van der Waals surface area contributed by atoms with Crippen LogP contribution in [0.4, 0.5) is 0 Å². The first-order chi connectivity index (χ1) is 31.2. The van der Waals surface area contributed by atoms with E-state index in [1.54, 1.807) is 0 Å². The van der Waals surface area contributed by atoms with Gasteiger partial charge in [0, 0.05) is 0 Å². The first-order valence-corrected chi connectivity index (χ1v) is 21.3. The van der Waals surface area contributed by atoms with Crippen LogP contribution < -0.4 is 0 Å². The zero-order valence-corrected chi connectivity index (χ0v) is 35.6. The van der Waals surface area contributed by atoms with Crippen molar-refractivity contribution in [2.45, 2.75) is 27.7 Å². The fourth-order valence-electron chi connectivity index (χ4n) is 10.5. The Labute approximate surface area is 371 Å². The van der Waals surface area contributed by atoms with Crippen LogP contribution >= 0.6 is 0 Å². The summed E-state index contributed by atoms with van der Waals surface area (Å²) in [5, 5.41) is 47.9. The number of fused-ring (bicyclic) bond motifs is 8. The number of benzene rings is 10.